The van der Waals surface area contributed by atoms with Crippen LogP contribution in [0.3, 0.4) is 0 Å². The molecule has 1 aromatic heterocycles. The van der Waals surface area contributed by atoms with E-state index < -0.39 is 0 Å². The third-order valence-corrected chi connectivity index (χ3v) is 3.06. The van der Waals surface area contributed by atoms with Crippen LogP contribution in [0, 0.1) is 13.8 Å². The zero-order chi connectivity index (χ0) is 10.8. The van der Waals surface area contributed by atoms with Crippen molar-refractivity contribution in [1.29, 1.82) is 0 Å². The average Bonchev–Trinajstić information content (AvgIpc) is 2.59. The van der Waals surface area contributed by atoms with E-state index in [0.717, 1.165) is 36.5 Å². The van der Waals surface area contributed by atoms with Gasteiger partial charge in [-0.15, -0.1) is 0 Å². The first-order valence-corrected chi connectivity index (χ1v) is 5.23. The van der Waals surface area contributed by atoms with Crippen LogP contribution in [0.4, 0.5) is 0 Å². The summed E-state index contributed by atoms with van der Waals surface area (Å²) in [5.41, 5.74) is 2.11. The molecule has 0 spiro atoms. The minimum atomic E-state index is 0.00977. The van der Waals surface area contributed by atoms with Crippen molar-refractivity contribution in [2.75, 3.05) is 13.1 Å². The van der Waals surface area contributed by atoms with E-state index in [0.29, 0.717) is 5.92 Å². The van der Waals surface area contributed by atoms with Crippen molar-refractivity contribution >= 4 is 8.05 Å². The van der Waals surface area contributed by atoms with Crippen molar-refractivity contribution in [2.24, 2.45) is 0 Å². The molecule has 4 nitrogen and oxygen atoms in total. The molecule has 2 unspecified atom stereocenters. The topological polar surface area (TPSA) is 47.3 Å². The molecule has 0 bridgehead atoms. The lowest BCUT2D eigenvalue weighted by Crippen LogP contribution is -2.41. The lowest BCUT2D eigenvalue weighted by atomic mass is 9.86. The number of rotatable bonds is 2. The standard InChI is InChI=1S/C10H15BN2O2/c1-6-10(7(2)15-13-6)8-3-4-12-5-9(8)14-11/h8-9,12H,3-5H2,1-2H3. The van der Waals surface area contributed by atoms with Crippen molar-refractivity contribution < 1.29 is 9.18 Å². The van der Waals surface area contributed by atoms with Crippen LogP contribution in [-0.4, -0.2) is 32.4 Å². The average molecular weight is 206 g/mol. The maximum Gasteiger partial charge on any atom is 0.283 e. The first kappa shape index (κ1) is 10.7. The van der Waals surface area contributed by atoms with Crippen LogP contribution in [0.15, 0.2) is 4.52 Å². The number of hydrogen-bond donors (Lipinski definition) is 1. The first-order chi connectivity index (χ1) is 7.24. The Kier molecular flexibility index (Phi) is 3.12. The first-order valence-electron chi connectivity index (χ1n) is 5.23. The van der Waals surface area contributed by atoms with Crippen molar-refractivity contribution in [3.63, 3.8) is 0 Å². The molecule has 80 valence electrons. The maximum atomic E-state index is 5.31. The maximum absolute atomic E-state index is 5.31. The summed E-state index contributed by atoms with van der Waals surface area (Å²) in [6.45, 7) is 5.66. The Balaban J connectivity index is 2.27. The predicted molar refractivity (Wildman–Crippen MR) is 56.8 cm³/mol. The van der Waals surface area contributed by atoms with Gasteiger partial charge in [0.1, 0.15) is 5.76 Å². The van der Waals surface area contributed by atoms with Gasteiger partial charge in [-0.3, -0.25) is 0 Å². The van der Waals surface area contributed by atoms with Gasteiger partial charge in [-0.05, 0) is 26.8 Å². The summed E-state index contributed by atoms with van der Waals surface area (Å²) in [5, 5.41) is 7.23. The van der Waals surface area contributed by atoms with Crippen LogP contribution in [0.1, 0.15) is 29.4 Å². The molecule has 2 radical (unpaired) electrons. The van der Waals surface area contributed by atoms with Gasteiger partial charge in [0.2, 0.25) is 0 Å². The molecule has 15 heavy (non-hydrogen) atoms. The molecule has 1 aliphatic rings. The largest absolute Gasteiger partial charge is 0.443 e. The van der Waals surface area contributed by atoms with E-state index >= 15 is 0 Å². The molecular formula is C10H15BN2O2. The fourth-order valence-corrected chi connectivity index (χ4v) is 2.32. The molecule has 0 saturated carbocycles. The molecule has 1 aliphatic heterocycles. The number of piperidine rings is 1. The Morgan fingerprint density at radius 2 is 2.33 bits per heavy atom. The smallest absolute Gasteiger partial charge is 0.283 e. The number of nitrogens with zero attached hydrogens (tertiary/aromatic N) is 1. The molecule has 2 heterocycles. The molecule has 1 N–H and O–H groups in total. The fourth-order valence-electron chi connectivity index (χ4n) is 2.32. The zero-order valence-electron chi connectivity index (χ0n) is 9.12. The summed E-state index contributed by atoms with van der Waals surface area (Å²) < 4.78 is 10.2. The number of aromatic nitrogens is 1. The molecular weight excluding hydrogens is 191 g/mol. The van der Waals surface area contributed by atoms with E-state index in [9.17, 15) is 0 Å². The predicted octanol–water partition coefficient (Wildman–Crippen LogP) is 0.837. The molecule has 2 rings (SSSR count). The second-order valence-corrected chi connectivity index (χ2v) is 4.01. The van der Waals surface area contributed by atoms with Gasteiger partial charge in [0.15, 0.2) is 0 Å². The summed E-state index contributed by atoms with van der Waals surface area (Å²) in [7, 11) is 5.31. The highest BCUT2D eigenvalue weighted by atomic mass is 16.5. The molecule has 5 heteroatoms. The van der Waals surface area contributed by atoms with E-state index in [4.69, 9.17) is 17.2 Å². The van der Waals surface area contributed by atoms with E-state index in [-0.39, 0.29) is 6.10 Å². The Hall–Kier alpha value is -0.805. The van der Waals surface area contributed by atoms with E-state index in [1.54, 1.807) is 0 Å². The number of hydrogen-bond acceptors (Lipinski definition) is 4. The third kappa shape index (κ3) is 1.94. The minimum absolute atomic E-state index is 0.00977. The molecule has 0 amide bonds. The van der Waals surface area contributed by atoms with E-state index in [1.807, 2.05) is 13.8 Å². The van der Waals surface area contributed by atoms with Crippen molar-refractivity contribution in [2.45, 2.75) is 32.3 Å². The Morgan fingerprint density at radius 3 is 2.93 bits per heavy atom. The Bertz CT molecular complexity index is 321. The Morgan fingerprint density at radius 1 is 1.53 bits per heavy atom. The highest BCUT2D eigenvalue weighted by molar-refractivity contribution is 5.98. The van der Waals surface area contributed by atoms with Crippen LogP contribution in [0.5, 0.6) is 0 Å². The fraction of sp³-hybridized carbons (Fsp3) is 0.700. The van der Waals surface area contributed by atoms with Crippen molar-refractivity contribution in [1.82, 2.24) is 10.5 Å². The quantitative estimate of drug-likeness (QED) is 0.728. The second-order valence-electron chi connectivity index (χ2n) is 4.01. The highest BCUT2D eigenvalue weighted by Gasteiger charge is 2.30. The van der Waals surface area contributed by atoms with Gasteiger partial charge in [0, 0.05) is 18.0 Å². The van der Waals surface area contributed by atoms with Crippen LogP contribution < -0.4 is 5.32 Å². The van der Waals surface area contributed by atoms with Crippen LogP contribution >= 0.6 is 0 Å². The van der Waals surface area contributed by atoms with Gasteiger partial charge in [0.25, 0.3) is 8.05 Å². The molecule has 0 aromatic carbocycles. The van der Waals surface area contributed by atoms with Gasteiger partial charge >= 0.3 is 0 Å². The second kappa shape index (κ2) is 4.37. The summed E-state index contributed by atoms with van der Waals surface area (Å²) in [5.74, 6) is 1.17. The zero-order valence-corrected chi connectivity index (χ0v) is 9.12. The normalized spacial score (nSPS) is 26.8. The van der Waals surface area contributed by atoms with Gasteiger partial charge in [0.05, 0.1) is 11.8 Å². The highest BCUT2D eigenvalue weighted by Crippen LogP contribution is 2.31. The molecule has 0 aliphatic carbocycles. The van der Waals surface area contributed by atoms with Gasteiger partial charge < -0.3 is 14.5 Å². The summed E-state index contributed by atoms with van der Waals surface area (Å²) in [4.78, 5) is 0. The minimum Gasteiger partial charge on any atom is -0.443 e. The lowest BCUT2D eigenvalue weighted by molar-refractivity contribution is 0.154. The SMILES string of the molecule is [B]OC1CNCCC1c1c(C)noc1C. The summed E-state index contributed by atoms with van der Waals surface area (Å²) >= 11 is 0. The van der Waals surface area contributed by atoms with Crippen molar-refractivity contribution in [3.05, 3.63) is 17.0 Å². The van der Waals surface area contributed by atoms with Gasteiger partial charge in [-0.2, -0.15) is 0 Å². The van der Waals surface area contributed by atoms with Crippen LogP contribution in [0.2, 0.25) is 0 Å². The van der Waals surface area contributed by atoms with Gasteiger partial charge in [-0.1, -0.05) is 5.16 Å². The molecule has 2 atom stereocenters. The van der Waals surface area contributed by atoms with Crippen LogP contribution in [-0.2, 0) is 4.65 Å². The summed E-state index contributed by atoms with van der Waals surface area (Å²) in [6.07, 6.45) is 1.01. The van der Waals surface area contributed by atoms with E-state index in [1.165, 1.54) is 0 Å². The Labute approximate surface area is 90.8 Å². The number of nitrogens with one attached hydrogen (secondary N) is 1. The molecule has 1 fully saturated rings. The lowest BCUT2D eigenvalue weighted by Gasteiger charge is -2.31. The van der Waals surface area contributed by atoms with Gasteiger partial charge in [-0.25, -0.2) is 0 Å². The molecule has 1 aromatic rings. The van der Waals surface area contributed by atoms with Crippen LogP contribution in [0.25, 0.3) is 0 Å². The van der Waals surface area contributed by atoms with Crippen molar-refractivity contribution in [3.8, 4) is 0 Å². The third-order valence-electron chi connectivity index (χ3n) is 3.06. The number of aryl methyl sites for hydroxylation is 2. The molecule has 1 saturated heterocycles. The summed E-state index contributed by atoms with van der Waals surface area (Å²) in [6, 6.07) is 0. The van der Waals surface area contributed by atoms with E-state index in [2.05, 4.69) is 10.5 Å². The monoisotopic (exact) mass is 206 g/mol.